The van der Waals surface area contributed by atoms with Crippen LogP contribution in [0.4, 0.5) is 0 Å². The third-order valence-corrected chi connectivity index (χ3v) is 7.18. The third kappa shape index (κ3) is 1.10. The van der Waals surface area contributed by atoms with E-state index in [0.29, 0.717) is 0 Å². The molecule has 1 aromatic carbocycles. The Bertz CT molecular complexity index is 672. The Morgan fingerprint density at radius 3 is 2.10 bits per heavy atom. The summed E-state index contributed by atoms with van der Waals surface area (Å²) in [5.41, 5.74) is 6.17. The molecule has 0 heteroatoms. The molecule has 4 unspecified atom stereocenters. The molecule has 1 spiro atoms. The monoisotopic (exact) mass is 274 g/mol. The number of fused-ring (bicyclic) bond motifs is 7. The molecule has 0 heterocycles. The fraction of sp³-hybridized carbons (Fsp3) is 0.429. The van der Waals surface area contributed by atoms with Gasteiger partial charge in [-0.2, -0.15) is 0 Å². The van der Waals surface area contributed by atoms with E-state index in [0.717, 1.165) is 23.7 Å². The first-order valence-electron chi connectivity index (χ1n) is 8.43. The van der Waals surface area contributed by atoms with E-state index in [9.17, 15) is 0 Å². The van der Waals surface area contributed by atoms with Gasteiger partial charge < -0.3 is 0 Å². The molecule has 4 aliphatic rings. The molecule has 106 valence electrons. The summed E-state index contributed by atoms with van der Waals surface area (Å²) in [6, 6.07) is 9.09. The predicted molar refractivity (Wildman–Crippen MR) is 87.9 cm³/mol. The number of hydrogen-bond acceptors (Lipinski definition) is 0. The molecule has 1 aromatic rings. The minimum Gasteiger partial charge on any atom is -0.0987 e. The maximum atomic E-state index is 4.20. The van der Waals surface area contributed by atoms with Crippen LogP contribution < -0.4 is 0 Å². The van der Waals surface area contributed by atoms with Crippen molar-refractivity contribution in [1.29, 1.82) is 0 Å². The lowest BCUT2D eigenvalue weighted by atomic mass is 9.57. The number of benzene rings is 1. The molecular weight excluding hydrogens is 252 g/mol. The van der Waals surface area contributed by atoms with Crippen LogP contribution in [0.5, 0.6) is 0 Å². The van der Waals surface area contributed by atoms with Gasteiger partial charge in [-0.05, 0) is 71.6 Å². The largest absolute Gasteiger partial charge is 0.0987 e. The average Bonchev–Trinajstić information content (AvgIpc) is 2.78. The van der Waals surface area contributed by atoms with Crippen LogP contribution in [0, 0.1) is 23.7 Å². The maximum Gasteiger partial charge on any atom is 0.0276 e. The number of allylic oxidation sites excluding steroid dienone is 4. The van der Waals surface area contributed by atoms with Crippen molar-refractivity contribution in [1.82, 2.24) is 0 Å². The van der Waals surface area contributed by atoms with Crippen molar-refractivity contribution in [3.05, 3.63) is 66.3 Å². The van der Waals surface area contributed by atoms with E-state index in [1.807, 2.05) is 0 Å². The van der Waals surface area contributed by atoms with Gasteiger partial charge in [0, 0.05) is 5.41 Å². The van der Waals surface area contributed by atoms with Crippen molar-refractivity contribution in [3.63, 3.8) is 0 Å². The van der Waals surface area contributed by atoms with E-state index < -0.39 is 0 Å². The Hall–Kier alpha value is -1.56. The van der Waals surface area contributed by atoms with Gasteiger partial charge in [0.2, 0.25) is 0 Å². The lowest BCUT2D eigenvalue weighted by Crippen LogP contribution is -2.42. The van der Waals surface area contributed by atoms with Crippen LogP contribution in [-0.2, 0) is 5.41 Å². The van der Waals surface area contributed by atoms with Gasteiger partial charge in [0.15, 0.2) is 0 Å². The van der Waals surface area contributed by atoms with E-state index in [1.165, 1.54) is 42.4 Å². The van der Waals surface area contributed by atoms with Gasteiger partial charge in [-0.1, -0.05) is 49.6 Å². The van der Waals surface area contributed by atoms with Crippen LogP contribution in [-0.4, -0.2) is 0 Å². The highest BCUT2D eigenvalue weighted by Gasteiger charge is 2.69. The highest BCUT2D eigenvalue weighted by atomic mass is 14.7. The highest BCUT2D eigenvalue weighted by molar-refractivity contribution is 5.88. The van der Waals surface area contributed by atoms with E-state index in [4.69, 9.17) is 0 Å². The van der Waals surface area contributed by atoms with E-state index in [2.05, 4.69) is 49.6 Å². The van der Waals surface area contributed by atoms with Gasteiger partial charge in [-0.15, -0.1) is 0 Å². The standard InChI is InChI=1S/C21H22/c1-3-13-14-7-5-6-8-18(14)21(17(13)4-2)19-11-9-15(19)16-10-12-20(16)21/h3-8,15-16,19-20H,1-2,9-12H2. The molecule has 4 atom stereocenters. The van der Waals surface area contributed by atoms with Crippen LogP contribution in [0.1, 0.15) is 36.8 Å². The normalized spacial score (nSPS) is 41.9. The third-order valence-electron chi connectivity index (χ3n) is 7.18. The van der Waals surface area contributed by atoms with Crippen molar-refractivity contribution < 1.29 is 0 Å². The summed E-state index contributed by atoms with van der Waals surface area (Å²) in [4.78, 5) is 0. The summed E-state index contributed by atoms with van der Waals surface area (Å²) < 4.78 is 0. The second kappa shape index (κ2) is 3.80. The van der Waals surface area contributed by atoms with Crippen molar-refractivity contribution in [2.75, 3.05) is 0 Å². The SMILES string of the molecule is C=CC1=C(C=C)C2(c3ccccc31)C1CCC1C1CCC12. The average molecular weight is 274 g/mol. The van der Waals surface area contributed by atoms with Gasteiger partial charge in [0.25, 0.3) is 0 Å². The molecule has 3 saturated carbocycles. The second-order valence-corrected chi connectivity index (χ2v) is 7.35. The first-order valence-corrected chi connectivity index (χ1v) is 8.43. The Morgan fingerprint density at radius 1 is 0.905 bits per heavy atom. The van der Waals surface area contributed by atoms with Crippen molar-refractivity contribution in [2.24, 2.45) is 23.7 Å². The molecule has 0 aromatic heterocycles. The Balaban J connectivity index is 1.84. The molecule has 0 bridgehead atoms. The van der Waals surface area contributed by atoms with Crippen molar-refractivity contribution >= 4 is 5.57 Å². The summed E-state index contributed by atoms with van der Waals surface area (Å²) in [7, 11) is 0. The zero-order chi connectivity index (χ0) is 14.2. The smallest absolute Gasteiger partial charge is 0.0276 e. The van der Waals surface area contributed by atoms with E-state index >= 15 is 0 Å². The molecule has 4 aliphatic carbocycles. The molecule has 0 radical (unpaired) electrons. The number of hydrogen-bond donors (Lipinski definition) is 0. The molecule has 0 N–H and O–H groups in total. The zero-order valence-corrected chi connectivity index (χ0v) is 12.5. The fourth-order valence-electron chi connectivity index (χ4n) is 6.37. The first kappa shape index (κ1) is 12.0. The van der Waals surface area contributed by atoms with Crippen molar-refractivity contribution in [3.8, 4) is 0 Å². The Morgan fingerprint density at radius 2 is 1.57 bits per heavy atom. The van der Waals surface area contributed by atoms with Crippen LogP contribution in [0.15, 0.2) is 55.1 Å². The van der Waals surface area contributed by atoms with Crippen molar-refractivity contribution in [2.45, 2.75) is 31.1 Å². The zero-order valence-electron chi connectivity index (χ0n) is 12.5. The molecule has 3 fully saturated rings. The molecule has 0 saturated heterocycles. The lowest BCUT2D eigenvalue weighted by Gasteiger charge is -2.46. The minimum absolute atomic E-state index is 0.285. The quantitative estimate of drug-likeness (QED) is 0.701. The predicted octanol–water partition coefficient (Wildman–Crippen LogP) is 5.13. The highest BCUT2D eigenvalue weighted by Crippen LogP contribution is 2.74. The van der Waals surface area contributed by atoms with Gasteiger partial charge >= 0.3 is 0 Å². The summed E-state index contributed by atoms with van der Waals surface area (Å²) in [6.07, 6.45) is 9.98. The van der Waals surface area contributed by atoms with Crippen LogP contribution in [0.3, 0.4) is 0 Å². The summed E-state index contributed by atoms with van der Waals surface area (Å²) in [6.45, 7) is 8.32. The molecule has 0 aliphatic heterocycles. The summed E-state index contributed by atoms with van der Waals surface area (Å²) >= 11 is 0. The maximum absolute atomic E-state index is 4.20. The first-order chi connectivity index (χ1) is 10.3. The molecule has 0 amide bonds. The lowest BCUT2D eigenvalue weighted by molar-refractivity contribution is 0.115. The van der Waals surface area contributed by atoms with Crippen LogP contribution in [0.2, 0.25) is 0 Å². The van der Waals surface area contributed by atoms with E-state index in [1.54, 1.807) is 5.56 Å². The molecule has 0 nitrogen and oxygen atoms in total. The Labute approximate surface area is 127 Å². The van der Waals surface area contributed by atoms with E-state index in [-0.39, 0.29) is 5.41 Å². The van der Waals surface area contributed by atoms with Gasteiger partial charge in [0.05, 0.1) is 0 Å². The topological polar surface area (TPSA) is 0 Å². The fourth-order valence-corrected chi connectivity index (χ4v) is 6.37. The number of rotatable bonds is 2. The van der Waals surface area contributed by atoms with Gasteiger partial charge in [-0.3, -0.25) is 0 Å². The molecule has 21 heavy (non-hydrogen) atoms. The van der Waals surface area contributed by atoms with Crippen LogP contribution >= 0.6 is 0 Å². The van der Waals surface area contributed by atoms with Gasteiger partial charge in [0.1, 0.15) is 0 Å². The molecular formula is C21H22. The molecule has 5 rings (SSSR count). The summed E-state index contributed by atoms with van der Waals surface area (Å²) in [5.74, 6) is 3.69. The minimum atomic E-state index is 0.285. The van der Waals surface area contributed by atoms with Gasteiger partial charge in [-0.25, -0.2) is 0 Å². The van der Waals surface area contributed by atoms with Crippen LogP contribution in [0.25, 0.3) is 5.57 Å². The second-order valence-electron chi connectivity index (χ2n) is 7.35. The Kier molecular flexibility index (Phi) is 2.17. The summed E-state index contributed by atoms with van der Waals surface area (Å²) in [5, 5.41) is 0.